The van der Waals surface area contributed by atoms with Crippen molar-refractivity contribution in [3.8, 4) is 17.3 Å². The molecule has 10 heteroatoms. The number of hydrogen-bond donors (Lipinski definition) is 2. The first-order chi connectivity index (χ1) is 18.1. The van der Waals surface area contributed by atoms with Crippen molar-refractivity contribution in [3.63, 3.8) is 0 Å². The molecule has 1 amide bonds. The maximum Gasteiger partial charge on any atom is 0.417 e. The smallest absolute Gasteiger partial charge is 0.417 e. The minimum absolute atomic E-state index is 0.00293. The normalized spacial score (nSPS) is 21.3. The number of fused-ring (bicyclic) bond motifs is 1. The molecule has 1 aliphatic rings. The summed E-state index contributed by atoms with van der Waals surface area (Å²) in [5.41, 5.74) is 3.44. The van der Waals surface area contributed by atoms with Gasteiger partial charge in [-0.3, -0.25) is 14.8 Å². The number of methoxy groups -OCH3 is 1. The van der Waals surface area contributed by atoms with E-state index < -0.39 is 18.6 Å². The van der Waals surface area contributed by atoms with Gasteiger partial charge in [0.15, 0.2) is 5.82 Å². The summed E-state index contributed by atoms with van der Waals surface area (Å²) in [7, 11) is 1.36. The molecule has 0 spiro atoms. The second-order valence-corrected chi connectivity index (χ2v) is 10.6. The Bertz CT molecular complexity index is 1340. The van der Waals surface area contributed by atoms with E-state index in [0.717, 1.165) is 34.4 Å². The molecule has 2 aromatic heterocycles. The van der Waals surface area contributed by atoms with Crippen LogP contribution in [0.5, 0.6) is 5.88 Å². The zero-order valence-corrected chi connectivity index (χ0v) is 22.5. The van der Waals surface area contributed by atoms with Crippen LogP contribution >= 0.6 is 0 Å². The third kappa shape index (κ3) is 5.53. The molecule has 2 atom stereocenters. The number of nitrogens with zero attached hydrogens (tertiary/aromatic N) is 4. The van der Waals surface area contributed by atoms with Crippen LogP contribution in [0.2, 0.25) is 0 Å². The van der Waals surface area contributed by atoms with Crippen LogP contribution in [0.25, 0.3) is 21.9 Å². The summed E-state index contributed by atoms with van der Waals surface area (Å²) >= 11 is 0. The van der Waals surface area contributed by atoms with Gasteiger partial charge < -0.3 is 14.6 Å². The molecule has 0 radical (unpaired) electrons. The largest absolute Gasteiger partial charge is 0.480 e. The van der Waals surface area contributed by atoms with Gasteiger partial charge in [-0.2, -0.15) is 0 Å². The Balaban J connectivity index is 1.80. The monoisotopic (exact) mass is 521 g/mol. The van der Waals surface area contributed by atoms with E-state index in [4.69, 9.17) is 21.0 Å². The number of carboxylic acid groups (broad SMARTS) is 1. The summed E-state index contributed by atoms with van der Waals surface area (Å²) in [4.78, 5) is 33.8. The Morgan fingerprint density at radius 2 is 1.87 bits per heavy atom. The van der Waals surface area contributed by atoms with Gasteiger partial charge in [0.25, 0.3) is 5.69 Å². The molecule has 0 aliphatic heterocycles. The van der Waals surface area contributed by atoms with E-state index in [1.54, 1.807) is 0 Å². The summed E-state index contributed by atoms with van der Waals surface area (Å²) in [5.74, 6) is 1.31. The van der Waals surface area contributed by atoms with Crippen LogP contribution in [0, 0.1) is 37.2 Å². The molecule has 1 saturated carbocycles. The lowest BCUT2D eigenvalue weighted by atomic mass is 9.67. The molecule has 2 unspecified atom stereocenters. The molecule has 2 N–H and O–H groups in total. The third-order valence-electron chi connectivity index (χ3n) is 7.55. The number of carboxylic acids is 1. The van der Waals surface area contributed by atoms with Crippen LogP contribution in [0.15, 0.2) is 24.3 Å². The van der Waals surface area contributed by atoms with E-state index in [1.807, 2.05) is 31.2 Å². The molecule has 0 saturated heterocycles. The Labute approximate surface area is 222 Å². The van der Waals surface area contributed by atoms with E-state index in [1.165, 1.54) is 11.6 Å². The highest BCUT2D eigenvalue weighted by molar-refractivity contribution is 5.82. The number of H-pyrrole nitrogens is 1. The summed E-state index contributed by atoms with van der Waals surface area (Å²) in [6, 6.07) is 7.88. The van der Waals surface area contributed by atoms with E-state index in [0.29, 0.717) is 41.6 Å². The van der Waals surface area contributed by atoms with Crippen LogP contribution in [-0.2, 0) is 16.0 Å². The SMILES string of the molecule is [C-]#[N+]c1c(CC2C(C)CC(C)CC2C)c2nc(-c3ccc(C)cc3)[nH]n2c1OC(=O)N(COC)CC(=O)O. The Kier molecular flexibility index (Phi) is 8.07. The van der Waals surface area contributed by atoms with Gasteiger partial charge in [0, 0.05) is 18.2 Å². The molecule has 202 valence electrons. The van der Waals surface area contributed by atoms with E-state index >= 15 is 0 Å². The lowest BCUT2D eigenvalue weighted by molar-refractivity contribution is -0.138. The second kappa shape index (κ2) is 11.3. The van der Waals surface area contributed by atoms with Gasteiger partial charge in [-0.15, -0.1) is 0 Å². The van der Waals surface area contributed by atoms with Crippen molar-refractivity contribution in [1.82, 2.24) is 19.5 Å². The highest BCUT2D eigenvalue weighted by Gasteiger charge is 2.35. The molecule has 1 aromatic carbocycles. The first kappa shape index (κ1) is 27.2. The number of aromatic nitrogens is 3. The topological polar surface area (TPSA) is 114 Å². The lowest BCUT2D eigenvalue weighted by Crippen LogP contribution is -2.39. The van der Waals surface area contributed by atoms with Crippen molar-refractivity contribution in [3.05, 3.63) is 46.8 Å². The van der Waals surface area contributed by atoms with Crippen LogP contribution in [0.3, 0.4) is 0 Å². The molecule has 38 heavy (non-hydrogen) atoms. The Hall–Kier alpha value is -3.84. The van der Waals surface area contributed by atoms with Gasteiger partial charge in [0.05, 0.1) is 6.57 Å². The molecular weight excluding hydrogens is 486 g/mol. The van der Waals surface area contributed by atoms with Crippen molar-refractivity contribution < 1.29 is 24.2 Å². The van der Waals surface area contributed by atoms with Crippen molar-refractivity contribution in [2.24, 2.45) is 23.7 Å². The number of benzene rings is 1. The summed E-state index contributed by atoms with van der Waals surface area (Å²) < 4.78 is 12.2. The van der Waals surface area contributed by atoms with Crippen LogP contribution in [0.1, 0.15) is 44.7 Å². The summed E-state index contributed by atoms with van der Waals surface area (Å²) in [5, 5.41) is 12.4. The average molecular weight is 522 g/mol. The Morgan fingerprint density at radius 3 is 2.45 bits per heavy atom. The molecule has 3 aromatic rings. The van der Waals surface area contributed by atoms with E-state index in [2.05, 4.69) is 30.7 Å². The molecule has 4 rings (SSSR count). The zero-order valence-electron chi connectivity index (χ0n) is 22.5. The maximum atomic E-state index is 13.0. The third-order valence-corrected chi connectivity index (χ3v) is 7.55. The van der Waals surface area contributed by atoms with Crippen molar-refractivity contribution >= 4 is 23.4 Å². The van der Waals surface area contributed by atoms with E-state index in [9.17, 15) is 14.7 Å². The van der Waals surface area contributed by atoms with Crippen molar-refractivity contribution in [2.45, 2.75) is 47.0 Å². The number of nitrogens with one attached hydrogen (secondary N) is 1. The predicted octanol–water partition coefficient (Wildman–Crippen LogP) is 5.54. The fourth-order valence-electron chi connectivity index (χ4n) is 5.81. The first-order valence-electron chi connectivity index (χ1n) is 12.9. The number of carbonyl (C=O) groups is 2. The fraction of sp³-hybridized carbons (Fsp3) is 0.500. The highest BCUT2D eigenvalue weighted by atomic mass is 16.6. The minimum Gasteiger partial charge on any atom is -0.480 e. The molecule has 0 bridgehead atoms. The van der Waals surface area contributed by atoms with Crippen LogP contribution < -0.4 is 4.74 Å². The number of ether oxygens (including phenoxy) is 2. The summed E-state index contributed by atoms with van der Waals surface area (Å²) in [6.45, 7) is 15.9. The molecule has 1 aliphatic carbocycles. The number of aryl methyl sites for hydroxylation is 1. The minimum atomic E-state index is -1.21. The highest BCUT2D eigenvalue weighted by Crippen LogP contribution is 2.45. The zero-order chi connectivity index (χ0) is 27.6. The molecule has 10 nitrogen and oxygen atoms in total. The van der Waals surface area contributed by atoms with Gasteiger partial charge in [0.1, 0.15) is 18.9 Å². The second-order valence-electron chi connectivity index (χ2n) is 10.6. The van der Waals surface area contributed by atoms with Gasteiger partial charge >= 0.3 is 12.1 Å². The standard InChI is InChI=1S/C28H35N5O5/c1-16-7-9-20(10-8-16)25-30-26-22(13-21-18(3)11-17(2)12-19(21)4)24(29-5)27(33(26)31-25)38-28(36)32(15-37-6)14-23(34)35/h7-10,17-19,21H,11-15H2,1-4,6H3,(H,30,31)(H,34,35). The van der Waals surface area contributed by atoms with Crippen LogP contribution in [-0.4, -0.2) is 57.1 Å². The fourth-order valence-corrected chi connectivity index (χ4v) is 5.81. The van der Waals surface area contributed by atoms with Gasteiger partial charge in [-0.05, 0) is 49.9 Å². The quantitative estimate of drug-likeness (QED) is 0.297. The van der Waals surface area contributed by atoms with Crippen LogP contribution in [0.4, 0.5) is 10.5 Å². The maximum absolute atomic E-state index is 13.0. The number of aliphatic carboxylic acids is 1. The molecule has 2 heterocycles. The van der Waals surface area contributed by atoms with Crippen molar-refractivity contribution in [1.29, 1.82) is 0 Å². The number of aromatic amines is 1. The van der Waals surface area contributed by atoms with E-state index in [-0.39, 0.29) is 18.3 Å². The number of amides is 1. The first-order valence-corrected chi connectivity index (χ1v) is 12.9. The number of hydrogen-bond acceptors (Lipinski definition) is 5. The summed E-state index contributed by atoms with van der Waals surface area (Å²) in [6.07, 6.45) is 1.95. The van der Waals surface area contributed by atoms with Gasteiger partial charge in [-0.25, -0.2) is 19.1 Å². The molecule has 1 fully saturated rings. The van der Waals surface area contributed by atoms with Gasteiger partial charge in [-0.1, -0.05) is 50.6 Å². The average Bonchev–Trinajstić information content (AvgIpc) is 3.39. The Morgan fingerprint density at radius 1 is 1.21 bits per heavy atom. The molecular formula is C28H35N5O5. The van der Waals surface area contributed by atoms with Crippen molar-refractivity contribution in [2.75, 3.05) is 20.4 Å². The predicted molar refractivity (Wildman–Crippen MR) is 142 cm³/mol. The number of rotatable bonds is 8. The lowest BCUT2D eigenvalue weighted by Gasteiger charge is -2.38. The number of carbonyl (C=O) groups excluding carboxylic acids is 1. The van der Waals surface area contributed by atoms with Gasteiger partial charge in [0.2, 0.25) is 5.88 Å².